The van der Waals surface area contributed by atoms with Crippen molar-refractivity contribution >= 4 is 11.6 Å². The highest BCUT2D eigenvalue weighted by Gasteiger charge is 2.10. The lowest BCUT2D eigenvalue weighted by Gasteiger charge is -2.00. The standard InChI is InChI=1S/C15H12N6/c16-15-18-14-13(7-4-8-20(14)19-15)11-9-17-21(10-11)12-5-2-1-3-6-12/h1-10H,(H2,16,19). The summed E-state index contributed by atoms with van der Waals surface area (Å²) in [6, 6.07) is 13.9. The summed E-state index contributed by atoms with van der Waals surface area (Å²) in [5.41, 5.74) is 9.32. The van der Waals surface area contributed by atoms with Crippen LogP contribution in [-0.2, 0) is 0 Å². The van der Waals surface area contributed by atoms with Crippen LogP contribution in [0.15, 0.2) is 61.1 Å². The Bertz CT molecular complexity index is 906. The van der Waals surface area contributed by atoms with Crippen LogP contribution in [0.25, 0.3) is 22.5 Å². The maximum absolute atomic E-state index is 5.67. The first-order chi connectivity index (χ1) is 10.3. The average Bonchev–Trinajstić information content (AvgIpc) is 3.13. The van der Waals surface area contributed by atoms with Gasteiger partial charge in [-0.2, -0.15) is 10.1 Å². The van der Waals surface area contributed by atoms with Crippen molar-refractivity contribution in [2.75, 3.05) is 5.73 Å². The highest BCUT2D eigenvalue weighted by atomic mass is 15.3. The molecule has 0 saturated heterocycles. The molecule has 0 saturated carbocycles. The van der Waals surface area contributed by atoms with Crippen molar-refractivity contribution in [2.45, 2.75) is 0 Å². The fourth-order valence-corrected chi connectivity index (χ4v) is 2.33. The third kappa shape index (κ3) is 1.93. The summed E-state index contributed by atoms with van der Waals surface area (Å²) in [6.45, 7) is 0. The van der Waals surface area contributed by atoms with Gasteiger partial charge in [-0.1, -0.05) is 18.2 Å². The van der Waals surface area contributed by atoms with Crippen LogP contribution in [0.1, 0.15) is 0 Å². The van der Waals surface area contributed by atoms with Crippen LogP contribution in [0.4, 0.5) is 5.95 Å². The summed E-state index contributed by atoms with van der Waals surface area (Å²) in [6.07, 6.45) is 5.60. The molecular formula is C15H12N6. The van der Waals surface area contributed by atoms with Crippen molar-refractivity contribution in [2.24, 2.45) is 0 Å². The van der Waals surface area contributed by atoms with Crippen molar-refractivity contribution < 1.29 is 0 Å². The number of nitrogen functional groups attached to an aromatic ring is 1. The molecule has 0 aliphatic heterocycles. The van der Waals surface area contributed by atoms with Gasteiger partial charge < -0.3 is 5.73 Å². The maximum atomic E-state index is 5.67. The minimum Gasteiger partial charge on any atom is -0.366 e. The Morgan fingerprint density at radius 2 is 1.86 bits per heavy atom. The van der Waals surface area contributed by atoms with Gasteiger partial charge in [0.05, 0.1) is 11.9 Å². The van der Waals surface area contributed by atoms with E-state index in [-0.39, 0.29) is 5.95 Å². The van der Waals surface area contributed by atoms with E-state index >= 15 is 0 Å². The summed E-state index contributed by atoms with van der Waals surface area (Å²) in [4.78, 5) is 4.26. The summed E-state index contributed by atoms with van der Waals surface area (Å²) >= 11 is 0. The topological polar surface area (TPSA) is 74.0 Å². The average molecular weight is 276 g/mol. The Kier molecular flexibility index (Phi) is 2.47. The van der Waals surface area contributed by atoms with Gasteiger partial charge >= 0.3 is 0 Å². The lowest BCUT2D eigenvalue weighted by atomic mass is 10.1. The second-order valence-electron chi connectivity index (χ2n) is 4.67. The fraction of sp³-hybridized carbons (Fsp3) is 0. The zero-order chi connectivity index (χ0) is 14.2. The SMILES string of the molecule is Nc1nc2c(-c3cnn(-c4ccccc4)c3)cccn2n1. The second kappa shape index (κ2) is 4.45. The Balaban J connectivity index is 1.85. The molecule has 3 aromatic heterocycles. The van der Waals surface area contributed by atoms with E-state index in [1.165, 1.54) is 0 Å². The number of aromatic nitrogens is 5. The van der Waals surface area contributed by atoms with Gasteiger partial charge in [-0.25, -0.2) is 9.20 Å². The normalized spacial score (nSPS) is 11.0. The number of rotatable bonds is 2. The van der Waals surface area contributed by atoms with E-state index in [1.54, 1.807) is 4.52 Å². The number of anilines is 1. The van der Waals surface area contributed by atoms with Crippen LogP contribution in [0.5, 0.6) is 0 Å². The summed E-state index contributed by atoms with van der Waals surface area (Å²) < 4.78 is 3.50. The first-order valence-electron chi connectivity index (χ1n) is 6.52. The number of fused-ring (bicyclic) bond motifs is 1. The quantitative estimate of drug-likeness (QED) is 0.609. The number of benzene rings is 1. The van der Waals surface area contributed by atoms with Gasteiger partial charge in [0.25, 0.3) is 0 Å². The lowest BCUT2D eigenvalue weighted by Crippen LogP contribution is -1.92. The van der Waals surface area contributed by atoms with Crippen molar-refractivity contribution in [3.63, 3.8) is 0 Å². The van der Waals surface area contributed by atoms with Crippen molar-refractivity contribution in [1.82, 2.24) is 24.4 Å². The molecule has 0 fully saturated rings. The molecule has 6 nitrogen and oxygen atoms in total. The van der Waals surface area contributed by atoms with E-state index in [2.05, 4.69) is 15.2 Å². The number of nitrogens with zero attached hydrogens (tertiary/aromatic N) is 5. The van der Waals surface area contributed by atoms with Crippen molar-refractivity contribution in [1.29, 1.82) is 0 Å². The molecule has 1 aromatic carbocycles. The zero-order valence-electron chi connectivity index (χ0n) is 11.1. The number of pyridine rings is 1. The van der Waals surface area contributed by atoms with E-state index < -0.39 is 0 Å². The third-order valence-electron chi connectivity index (χ3n) is 3.29. The molecule has 102 valence electrons. The minimum atomic E-state index is 0.262. The van der Waals surface area contributed by atoms with Crippen LogP contribution in [0.3, 0.4) is 0 Å². The van der Waals surface area contributed by atoms with Gasteiger partial charge in [-0.3, -0.25) is 0 Å². The molecule has 0 atom stereocenters. The Morgan fingerprint density at radius 3 is 2.71 bits per heavy atom. The molecule has 4 rings (SSSR count). The van der Waals surface area contributed by atoms with E-state index in [4.69, 9.17) is 5.73 Å². The number of hydrogen-bond acceptors (Lipinski definition) is 4. The van der Waals surface area contributed by atoms with Gasteiger partial charge in [0.15, 0.2) is 5.65 Å². The number of nitrogens with two attached hydrogens (primary N) is 1. The van der Waals surface area contributed by atoms with Gasteiger partial charge in [-0.05, 0) is 24.3 Å². The second-order valence-corrected chi connectivity index (χ2v) is 4.67. The third-order valence-corrected chi connectivity index (χ3v) is 3.29. The fourth-order valence-electron chi connectivity index (χ4n) is 2.33. The Hall–Kier alpha value is -3.15. The highest BCUT2D eigenvalue weighted by Crippen LogP contribution is 2.24. The molecule has 0 radical (unpaired) electrons. The van der Waals surface area contributed by atoms with Crippen LogP contribution in [0.2, 0.25) is 0 Å². The van der Waals surface area contributed by atoms with Crippen molar-refractivity contribution in [3.8, 4) is 16.8 Å². The molecule has 0 spiro atoms. The van der Waals surface area contributed by atoms with E-state index in [9.17, 15) is 0 Å². The van der Waals surface area contributed by atoms with Crippen LogP contribution < -0.4 is 5.73 Å². The predicted molar refractivity (Wildman–Crippen MR) is 80.0 cm³/mol. The summed E-state index contributed by atoms with van der Waals surface area (Å²) in [5.74, 6) is 0.262. The monoisotopic (exact) mass is 276 g/mol. The predicted octanol–water partition coefficient (Wildman–Crippen LogP) is 2.16. The first kappa shape index (κ1) is 11.7. The molecule has 4 aromatic rings. The first-order valence-corrected chi connectivity index (χ1v) is 6.52. The molecule has 0 amide bonds. The Morgan fingerprint density at radius 1 is 1.00 bits per heavy atom. The zero-order valence-corrected chi connectivity index (χ0v) is 11.1. The maximum Gasteiger partial charge on any atom is 0.240 e. The van der Waals surface area contributed by atoms with Gasteiger partial charge in [0, 0.05) is 23.5 Å². The molecule has 2 N–H and O–H groups in total. The molecule has 6 heteroatoms. The largest absolute Gasteiger partial charge is 0.366 e. The molecule has 3 heterocycles. The summed E-state index contributed by atoms with van der Waals surface area (Å²) in [5, 5.41) is 8.52. The van der Waals surface area contributed by atoms with Gasteiger partial charge in [-0.15, -0.1) is 5.10 Å². The highest BCUT2D eigenvalue weighted by molar-refractivity contribution is 5.77. The lowest BCUT2D eigenvalue weighted by molar-refractivity contribution is 0.881. The Labute approximate surface area is 120 Å². The summed E-state index contributed by atoms with van der Waals surface area (Å²) in [7, 11) is 0. The van der Waals surface area contributed by atoms with Crippen LogP contribution in [-0.4, -0.2) is 24.4 Å². The molecule has 0 bridgehead atoms. The van der Waals surface area contributed by atoms with E-state index in [0.717, 1.165) is 22.5 Å². The molecule has 0 aliphatic carbocycles. The number of hydrogen-bond donors (Lipinski definition) is 1. The van der Waals surface area contributed by atoms with Gasteiger partial charge in [0.2, 0.25) is 5.95 Å². The smallest absolute Gasteiger partial charge is 0.240 e. The van der Waals surface area contributed by atoms with Crippen LogP contribution >= 0.6 is 0 Å². The molecular weight excluding hydrogens is 264 g/mol. The minimum absolute atomic E-state index is 0.262. The van der Waals surface area contributed by atoms with E-state index in [1.807, 2.05) is 65.7 Å². The molecule has 0 unspecified atom stereocenters. The van der Waals surface area contributed by atoms with Crippen molar-refractivity contribution in [3.05, 3.63) is 61.1 Å². The van der Waals surface area contributed by atoms with Crippen LogP contribution in [0, 0.1) is 0 Å². The molecule has 0 aliphatic rings. The van der Waals surface area contributed by atoms with E-state index in [0.29, 0.717) is 0 Å². The van der Waals surface area contributed by atoms with Gasteiger partial charge in [0.1, 0.15) is 0 Å². The molecule has 21 heavy (non-hydrogen) atoms. The number of para-hydroxylation sites is 1.